The number of thiazole rings is 1. The number of hydrogen-bond acceptors (Lipinski definition) is 4. The summed E-state index contributed by atoms with van der Waals surface area (Å²) in [5, 5.41) is 8.78. The minimum Gasteiger partial charge on any atom is -0.349 e. The summed E-state index contributed by atoms with van der Waals surface area (Å²) in [7, 11) is 0. The molecule has 1 unspecified atom stereocenters. The highest BCUT2D eigenvalue weighted by molar-refractivity contribution is 7.09. The van der Waals surface area contributed by atoms with E-state index in [1.165, 1.54) is 0 Å². The van der Waals surface area contributed by atoms with Crippen molar-refractivity contribution in [3.63, 3.8) is 0 Å². The third-order valence-electron chi connectivity index (χ3n) is 3.44. The van der Waals surface area contributed by atoms with Gasteiger partial charge in [-0.3, -0.25) is 9.59 Å². The molecule has 5 nitrogen and oxygen atoms in total. The number of halogens is 2. The van der Waals surface area contributed by atoms with E-state index in [-0.39, 0.29) is 21.5 Å². The number of aromatic nitrogens is 1. The topological polar surface area (TPSA) is 71.1 Å². The summed E-state index contributed by atoms with van der Waals surface area (Å²) in [6, 6.07) is 4.06. The van der Waals surface area contributed by atoms with Crippen molar-refractivity contribution >= 4 is 46.4 Å². The summed E-state index contributed by atoms with van der Waals surface area (Å²) in [6.07, 6.45) is 0. The molecule has 1 heterocycles. The van der Waals surface area contributed by atoms with Crippen molar-refractivity contribution in [2.24, 2.45) is 0 Å². The fourth-order valence-corrected chi connectivity index (χ4v) is 3.24. The summed E-state index contributed by atoms with van der Waals surface area (Å²) in [4.78, 5) is 28.9. The van der Waals surface area contributed by atoms with Crippen LogP contribution in [0.2, 0.25) is 10.0 Å². The molecular formula is C17H19Cl2N3O2S. The molecule has 0 fully saturated rings. The van der Waals surface area contributed by atoms with Crippen molar-refractivity contribution in [2.45, 2.75) is 39.3 Å². The van der Waals surface area contributed by atoms with Crippen LogP contribution in [-0.4, -0.2) is 22.8 Å². The van der Waals surface area contributed by atoms with Gasteiger partial charge in [0.25, 0.3) is 5.91 Å². The Morgan fingerprint density at radius 2 is 1.96 bits per heavy atom. The highest BCUT2D eigenvalue weighted by Gasteiger charge is 2.19. The highest BCUT2D eigenvalue weighted by atomic mass is 35.5. The van der Waals surface area contributed by atoms with Crippen LogP contribution in [0.3, 0.4) is 0 Å². The van der Waals surface area contributed by atoms with Crippen LogP contribution in [0.1, 0.15) is 47.7 Å². The maximum atomic E-state index is 12.2. The maximum Gasteiger partial charge on any atom is 0.253 e. The number of amides is 2. The van der Waals surface area contributed by atoms with Gasteiger partial charge in [-0.1, -0.05) is 43.1 Å². The molecule has 0 spiro atoms. The molecule has 2 amide bonds. The average molecular weight is 400 g/mol. The fraction of sp³-hybridized carbons (Fsp3) is 0.353. The molecule has 2 aromatic rings. The standard InChI is InChI=1S/C17H19Cl2N3O2S/c1-9(2)17-22-11(8-25-17)7-20-15(23)10(3)21-16(24)12-5-4-6-13(18)14(12)19/h4-6,8-10H,7H2,1-3H3,(H,20,23)(H,21,24). The second kappa shape index (κ2) is 8.65. The molecule has 0 saturated carbocycles. The Kier molecular flexibility index (Phi) is 6.81. The predicted octanol–water partition coefficient (Wildman–Crippen LogP) is 4.01. The van der Waals surface area contributed by atoms with Gasteiger partial charge < -0.3 is 10.6 Å². The summed E-state index contributed by atoms with van der Waals surface area (Å²) in [6.45, 7) is 6.06. The fourth-order valence-electron chi connectivity index (χ4n) is 2.02. The van der Waals surface area contributed by atoms with Gasteiger partial charge in [0.05, 0.1) is 32.9 Å². The van der Waals surface area contributed by atoms with E-state index in [0.29, 0.717) is 12.5 Å². The lowest BCUT2D eigenvalue weighted by molar-refractivity contribution is -0.122. The van der Waals surface area contributed by atoms with Crippen molar-refractivity contribution in [1.82, 2.24) is 15.6 Å². The Morgan fingerprint density at radius 3 is 2.60 bits per heavy atom. The Bertz CT molecular complexity index is 777. The Labute approximate surface area is 160 Å². The molecule has 1 aromatic heterocycles. The number of carbonyl (C=O) groups excluding carboxylic acids is 2. The van der Waals surface area contributed by atoms with Crippen LogP contribution in [0.5, 0.6) is 0 Å². The molecule has 0 saturated heterocycles. The highest BCUT2D eigenvalue weighted by Crippen LogP contribution is 2.25. The van der Waals surface area contributed by atoms with Gasteiger partial charge in [0.1, 0.15) is 6.04 Å². The first-order valence-corrected chi connectivity index (χ1v) is 9.40. The summed E-state index contributed by atoms with van der Waals surface area (Å²) >= 11 is 13.5. The average Bonchev–Trinajstić information content (AvgIpc) is 3.04. The number of benzene rings is 1. The lowest BCUT2D eigenvalue weighted by Gasteiger charge is -2.14. The van der Waals surface area contributed by atoms with Gasteiger partial charge in [0.15, 0.2) is 0 Å². The van der Waals surface area contributed by atoms with E-state index in [0.717, 1.165) is 10.7 Å². The smallest absolute Gasteiger partial charge is 0.253 e. The maximum absolute atomic E-state index is 12.2. The molecule has 2 rings (SSSR count). The van der Waals surface area contributed by atoms with Gasteiger partial charge in [0, 0.05) is 11.3 Å². The van der Waals surface area contributed by atoms with Crippen molar-refractivity contribution in [3.05, 3.63) is 49.9 Å². The van der Waals surface area contributed by atoms with Gasteiger partial charge in [-0.15, -0.1) is 11.3 Å². The van der Waals surface area contributed by atoms with Crippen molar-refractivity contribution in [1.29, 1.82) is 0 Å². The van der Waals surface area contributed by atoms with Gasteiger partial charge in [-0.25, -0.2) is 4.98 Å². The normalized spacial score (nSPS) is 12.1. The predicted molar refractivity (Wildman–Crippen MR) is 101 cm³/mol. The third-order valence-corrected chi connectivity index (χ3v) is 5.46. The zero-order valence-electron chi connectivity index (χ0n) is 14.1. The summed E-state index contributed by atoms with van der Waals surface area (Å²) in [5.74, 6) is -0.397. The van der Waals surface area contributed by atoms with Crippen LogP contribution in [0.15, 0.2) is 23.6 Å². The first-order valence-electron chi connectivity index (χ1n) is 7.76. The lowest BCUT2D eigenvalue weighted by Crippen LogP contribution is -2.44. The largest absolute Gasteiger partial charge is 0.349 e. The molecule has 0 aliphatic heterocycles. The number of nitrogens with one attached hydrogen (secondary N) is 2. The zero-order chi connectivity index (χ0) is 18.6. The Balaban J connectivity index is 1.91. The monoisotopic (exact) mass is 399 g/mol. The molecular weight excluding hydrogens is 381 g/mol. The first-order chi connectivity index (χ1) is 11.8. The van der Waals surface area contributed by atoms with E-state index in [1.54, 1.807) is 36.5 Å². The number of nitrogens with zero attached hydrogens (tertiary/aromatic N) is 1. The van der Waals surface area contributed by atoms with E-state index in [4.69, 9.17) is 23.2 Å². The first kappa shape index (κ1) is 19.7. The minimum atomic E-state index is -0.717. The van der Waals surface area contributed by atoms with Crippen LogP contribution in [0, 0.1) is 0 Å². The molecule has 1 atom stereocenters. The molecule has 0 radical (unpaired) electrons. The molecule has 134 valence electrons. The van der Waals surface area contributed by atoms with Crippen molar-refractivity contribution < 1.29 is 9.59 Å². The quantitative estimate of drug-likeness (QED) is 0.770. The van der Waals surface area contributed by atoms with E-state index in [9.17, 15) is 9.59 Å². The molecule has 1 aromatic carbocycles. The Hall–Kier alpha value is -1.63. The van der Waals surface area contributed by atoms with E-state index in [1.807, 2.05) is 5.38 Å². The molecule has 2 N–H and O–H groups in total. The van der Waals surface area contributed by atoms with Crippen LogP contribution in [-0.2, 0) is 11.3 Å². The molecule has 8 heteroatoms. The van der Waals surface area contributed by atoms with Gasteiger partial charge >= 0.3 is 0 Å². The van der Waals surface area contributed by atoms with Crippen molar-refractivity contribution in [3.8, 4) is 0 Å². The van der Waals surface area contributed by atoms with Gasteiger partial charge in [0.2, 0.25) is 5.91 Å². The van der Waals surface area contributed by atoms with Crippen LogP contribution >= 0.6 is 34.5 Å². The van der Waals surface area contributed by atoms with Crippen LogP contribution < -0.4 is 10.6 Å². The molecule has 25 heavy (non-hydrogen) atoms. The van der Waals surface area contributed by atoms with Gasteiger partial charge in [-0.05, 0) is 19.1 Å². The van der Waals surface area contributed by atoms with Crippen LogP contribution in [0.25, 0.3) is 0 Å². The van der Waals surface area contributed by atoms with Gasteiger partial charge in [-0.2, -0.15) is 0 Å². The Morgan fingerprint density at radius 1 is 1.24 bits per heavy atom. The van der Waals surface area contributed by atoms with E-state index < -0.39 is 11.9 Å². The molecule has 0 aliphatic carbocycles. The number of hydrogen-bond donors (Lipinski definition) is 2. The minimum absolute atomic E-state index is 0.165. The third kappa shape index (κ3) is 5.17. The van der Waals surface area contributed by atoms with E-state index >= 15 is 0 Å². The van der Waals surface area contributed by atoms with Crippen molar-refractivity contribution in [2.75, 3.05) is 0 Å². The zero-order valence-corrected chi connectivity index (χ0v) is 16.4. The lowest BCUT2D eigenvalue weighted by atomic mass is 10.2. The second-order valence-corrected chi connectivity index (χ2v) is 7.52. The number of carbonyl (C=O) groups is 2. The summed E-state index contributed by atoms with van der Waals surface area (Å²) in [5.41, 5.74) is 1.04. The van der Waals surface area contributed by atoms with E-state index in [2.05, 4.69) is 29.5 Å². The molecule has 0 aliphatic rings. The SMILES string of the molecule is CC(NC(=O)c1cccc(Cl)c1Cl)C(=O)NCc1csc(C(C)C)n1. The molecule has 0 bridgehead atoms. The summed E-state index contributed by atoms with van der Waals surface area (Å²) < 4.78 is 0. The van der Waals surface area contributed by atoms with Crippen LogP contribution in [0.4, 0.5) is 0 Å². The second-order valence-electron chi connectivity index (χ2n) is 5.85. The number of rotatable bonds is 6.